The predicted octanol–water partition coefficient (Wildman–Crippen LogP) is 6.93. The minimum atomic E-state index is -3.80. The molecule has 8 nitrogen and oxygen atoms in total. The zero-order chi connectivity index (χ0) is 33.4. The van der Waals surface area contributed by atoms with Gasteiger partial charge in [-0.05, 0) is 106 Å². The summed E-state index contributed by atoms with van der Waals surface area (Å²) in [5.41, 5.74) is 2.40. The molecule has 0 unspecified atom stereocenters. The molecule has 2 N–H and O–H groups in total. The topological polar surface area (TPSA) is 109 Å². The van der Waals surface area contributed by atoms with Gasteiger partial charge in [-0.3, -0.25) is 4.79 Å². The van der Waals surface area contributed by atoms with Crippen molar-refractivity contribution in [3.8, 4) is 5.75 Å². The zero-order valence-corrected chi connectivity index (χ0v) is 29.9. The van der Waals surface area contributed by atoms with E-state index < -0.39 is 26.8 Å². The van der Waals surface area contributed by atoms with E-state index in [0.29, 0.717) is 31.9 Å². The van der Waals surface area contributed by atoms with Gasteiger partial charge >= 0.3 is 0 Å². The van der Waals surface area contributed by atoms with Crippen LogP contribution in [0.2, 0.25) is 5.02 Å². The van der Waals surface area contributed by atoms with Gasteiger partial charge in [0.15, 0.2) is 0 Å². The number of carbonyl (C=O) groups is 1. The number of hydrogen-bond donors (Lipinski definition) is 2. The highest BCUT2D eigenvalue weighted by Crippen LogP contribution is 2.49. The summed E-state index contributed by atoms with van der Waals surface area (Å²) in [4.78, 5) is 20.1. The van der Waals surface area contributed by atoms with Gasteiger partial charge < -0.3 is 14.7 Å². The maximum absolute atomic E-state index is 13.3. The third-order valence-electron chi connectivity index (χ3n) is 10.6. The van der Waals surface area contributed by atoms with E-state index in [1.165, 1.54) is 11.1 Å². The first-order valence-electron chi connectivity index (χ1n) is 16.9. The van der Waals surface area contributed by atoms with Crippen LogP contribution in [0.15, 0.2) is 48.0 Å². The number of hydrogen-bond acceptors (Lipinski definition) is 8. The van der Waals surface area contributed by atoms with E-state index in [4.69, 9.17) is 16.3 Å². The second-order valence-corrected chi connectivity index (χ2v) is 17.7. The number of aryl methyl sites for hydroxylation is 1. The highest BCUT2D eigenvalue weighted by molar-refractivity contribution is 7.90. The molecular formula is C36H46ClN3O5S2. The van der Waals surface area contributed by atoms with Crippen LogP contribution in [0.3, 0.4) is 0 Å². The molecule has 6 rings (SSSR count). The lowest BCUT2D eigenvalue weighted by molar-refractivity contribution is -0.0876. The number of unbranched alkanes of at least 4 members (excludes halogenated alkanes) is 1. The van der Waals surface area contributed by atoms with Gasteiger partial charge in [0, 0.05) is 47.1 Å². The van der Waals surface area contributed by atoms with Crippen LogP contribution in [-0.2, 0) is 28.3 Å². The summed E-state index contributed by atoms with van der Waals surface area (Å²) in [6.07, 6.45) is 9.93. The van der Waals surface area contributed by atoms with Crippen LogP contribution in [0, 0.1) is 11.8 Å². The van der Waals surface area contributed by atoms with Crippen molar-refractivity contribution in [3.63, 3.8) is 0 Å². The predicted molar refractivity (Wildman–Crippen MR) is 188 cm³/mol. The van der Waals surface area contributed by atoms with E-state index in [2.05, 4.69) is 33.7 Å². The molecule has 1 saturated carbocycles. The van der Waals surface area contributed by atoms with Crippen molar-refractivity contribution in [3.05, 3.63) is 74.7 Å². The minimum Gasteiger partial charge on any atom is -0.490 e. The Labute approximate surface area is 287 Å². The number of nitrogens with one attached hydrogen (secondary N) is 1. The molecule has 0 radical (unpaired) electrons. The fraction of sp³-hybridized carbons (Fsp3) is 0.556. The highest BCUT2D eigenvalue weighted by Gasteiger charge is 2.49. The maximum atomic E-state index is 13.3. The van der Waals surface area contributed by atoms with Gasteiger partial charge in [0.2, 0.25) is 10.0 Å². The van der Waals surface area contributed by atoms with E-state index in [0.717, 1.165) is 67.1 Å². The smallest absolute Gasteiger partial charge is 0.264 e. The fourth-order valence-corrected chi connectivity index (χ4v) is 9.37. The first-order chi connectivity index (χ1) is 22.4. The number of fused-ring (bicyclic) bond motifs is 3. The van der Waals surface area contributed by atoms with Crippen LogP contribution in [0.25, 0.3) is 0 Å². The second-order valence-electron chi connectivity index (χ2n) is 14.1. The summed E-state index contributed by atoms with van der Waals surface area (Å²) in [6.45, 7) is 7.09. The monoisotopic (exact) mass is 699 g/mol. The number of thiazole rings is 1. The number of aromatic nitrogens is 1. The van der Waals surface area contributed by atoms with Crippen LogP contribution in [0.5, 0.6) is 5.75 Å². The fourth-order valence-electron chi connectivity index (χ4n) is 7.83. The van der Waals surface area contributed by atoms with E-state index in [1.54, 1.807) is 49.6 Å². The normalized spacial score (nSPS) is 23.7. The van der Waals surface area contributed by atoms with Gasteiger partial charge in [-0.25, -0.2) is 18.1 Å². The molecule has 254 valence electrons. The molecule has 0 saturated heterocycles. The van der Waals surface area contributed by atoms with Crippen molar-refractivity contribution in [2.24, 2.45) is 11.8 Å². The molecule has 1 spiro atoms. The molecular weight excluding hydrogens is 654 g/mol. The Hall–Kier alpha value is -2.66. The van der Waals surface area contributed by atoms with Gasteiger partial charge in [-0.1, -0.05) is 37.4 Å². The Kier molecular flexibility index (Phi) is 9.96. The van der Waals surface area contributed by atoms with E-state index in [1.807, 2.05) is 11.4 Å². The van der Waals surface area contributed by atoms with Crippen molar-refractivity contribution in [2.45, 2.75) is 94.8 Å². The van der Waals surface area contributed by atoms with Gasteiger partial charge in [-0.15, -0.1) is 11.3 Å². The first kappa shape index (κ1) is 34.2. The summed E-state index contributed by atoms with van der Waals surface area (Å²) in [5, 5.41) is 15.2. The standard InChI is InChI=1S/C36H46ClN3O5S2/c1-4-5-15-36(42,20-33-38-16-17-46-33)30-11-8-27(30)21-40-22-35(14-6-7-25-18-28(37)10-12-29(25)35)23-45-32-13-9-26(19-31(32)40)34(41)39-47(43,44)24(2)3/h9-10,12-13,16-19,24,27,30,42H,4-8,11,14-15,20-23H2,1-3H3,(H,39,41)/t27-,30+,35-,36-/m0/s1. The molecule has 3 aliphatic rings. The Morgan fingerprint density at radius 1 is 1.26 bits per heavy atom. The van der Waals surface area contributed by atoms with Crippen LogP contribution < -0.4 is 14.4 Å². The summed E-state index contributed by atoms with van der Waals surface area (Å²) in [7, 11) is -3.80. The summed E-state index contributed by atoms with van der Waals surface area (Å²) < 4.78 is 34.0. The Bertz CT molecular complexity index is 1700. The number of carbonyl (C=O) groups excluding carboxylic acids is 1. The van der Waals surface area contributed by atoms with Crippen molar-refractivity contribution < 1.29 is 23.1 Å². The number of sulfonamides is 1. The van der Waals surface area contributed by atoms with Crippen LogP contribution in [0.1, 0.15) is 92.2 Å². The number of nitrogens with zero attached hydrogens (tertiary/aromatic N) is 2. The third kappa shape index (κ3) is 7.07. The number of amides is 1. The second kappa shape index (κ2) is 13.7. The van der Waals surface area contributed by atoms with Gasteiger partial charge in [0.25, 0.3) is 5.91 Å². The summed E-state index contributed by atoms with van der Waals surface area (Å²) in [5.74, 6) is 0.358. The van der Waals surface area contributed by atoms with Gasteiger partial charge in [-0.2, -0.15) is 0 Å². The van der Waals surface area contributed by atoms with Gasteiger partial charge in [0.05, 0.1) is 28.2 Å². The number of aliphatic hydroxyl groups is 1. The average Bonchev–Trinajstić information content (AvgIpc) is 3.47. The maximum Gasteiger partial charge on any atom is 0.264 e. The lowest BCUT2D eigenvalue weighted by atomic mass is 9.62. The zero-order valence-electron chi connectivity index (χ0n) is 27.5. The number of benzene rings is 2. The highest BCUT2D eigenvalue weighted by atomic mass is 35.5. The molecule has 2 aromatic carbocycles. The van der Waals surface area contributed by atoms with Crippen molar-refractivity contribution >= 4 is 44.6 Å². The molecule has 1 aromatic heterocycles. The average molecular weight is 700 g/mol. The van der Waals surface area contributed by atoms with Crippen molar-refractivity contribution in [2.75, 3.05) is 24.6 Å². The minimum absolute atomic E-state index is 0.113. The molecule has 1 amide bonds. The lowest BCUT2D eigenvalue weighted by Gasteiger charge is -2.50. The third-order valence-corrected chi connectivity index (χ3v) is 13.3. The quantitative estimate of drug-likeness (QED) is 0.224. The van der Waals surface area contributed by atoms with E-state index in [-0.39, 0.29) is 22.8 Å². The molecule has 47 heavy (non-hydrogen) atoms. The van der Waals surface area contributed by atoms with Gasteiger partial charge in [0.1, 0.15) is 5.75 Å². The SMILES string of the molecule is CCCC[C@](O)(Cc1nccs1)[C@@H]1CC[C@H]1CN1C[C@@]2(CCCc3cc(Cl)ccc32)COc2ccc(C(=O)NS(=O)(=O)C(C)C)cc21. The molecule has 1 fully saturated rings. The molecule has 2 heterocycles. The lowest BCUT2D eigenvalue weighted by Crippen LogP contribution is -2.53. The van der Waals surface area contributed by atoms with Crippen LogP contribution in [0.4, 0.5) is 5.69 Å². The molecule has 11 heteroatoms. The number of halogens is 1. The number of rotatable bonds is 11. The number of anilines is 1. The molecule has 2 aliphatic carbocycles. The van der Waals surface area contributed by atoms with E-state index >= 15 is 0 Å². The molecule has 1 aliphatic heterocycles. The van der Waals surface area contributed by atoms with Crippen LogP contribution in [-0.4, -0.2) is 55.0 Å². The largest absolute Gasteiger partial charge is 0.490 e. The van der Waals surface area contributed by atoms with Crippen LogP contribution >= 0.6 is 22.9 Å². The first-order valence-corrected chi connectivity index (χ1v) is 19.7. The molecule has 4 atom stereocenters. The Morgan fingerprint density at radius 3 is 2.79 bits per heavy atom. The summed E-state index contributed by atoms with van der Waals surface area (Å²) in [6, 6.07) is 11.4. The van der Waals surface area contributed by atoms with E-state index in [9.17, 15) is 18.3 Å². The van der Waals surface area contributed by atoms with Crippen molar-refractivity contribution in [1.82, 2.24) is 9.71 Å². The summed E-state index contributed by atoms with van der Waals surface area (Å²) >= 11 is 8.04. The van der Waals surface area contributed by atoms with Crippen molar-refractivity contribution in [1.29, 1.82) is 0 Å². The Balaban J connectivity index is 1.36. The number of ether oxygens (including phenoxy) is 1. The molecule has 0 bridgehead atoms. The Morgan fingerprint density at radius 2 is 2.09 bits per heavy atom. The molecule has 3 aromatic rings.